The highest BCUT2D eigenvalue weighted by atomic mass is 19.1. The Kier molecular flexibility index (Phi) is 2.40. The fourth-order valence-corrected chi connectivity index (χ4v) is 2.55. The largest absolute Gasteiger partial charge is 0.468 e. The summed E-state index contributed by atoms with van der Waals surface area (Å²) in [5.74, 6) is -1.05. The Morgan fingerprint density at radius 3 is 2.61 bits per heavy atom. The van der Waals surface area contributed by atoms with E-state index in [1.165, 1.54) is 19.2 Å². The first kappa shape index (κ1) is 11.0. The summed E-state index contributed by atoms with van der Waals surface area (Å²) in [6.45, 7) is 0. The number of fused-ring (bicyclic) bond motifs is 3. The maximum atomic E-state index is 13.3. The van der Waals surface area contributed by atoms with E-state index in [9.17, 15) is 9.18 Å². The minimum Gasteiger partial charge on any atom is -0.468 e. The third kappa shape index (κ3) is 1.44. The van der Waals surface area contributed by atoms with Crippen molar-refractivity contribution in [2.24, 2.45) is 0 Å². The zero-order valence-electron chi connectivity index (χ0n) is 9.81. The van der Waals surface area contributed by atoms with Crippen LogP contribution in [0, 0.1) is 5.82 Å². The molecule has 0 bridgehead atoms. The topological polar surface area (TPSA) is 26.3 Å². The number of benzene rings is 2. The van der Waals surface area contributed by atoms with Crippen LogP contribution in [0.1, 0.15) is 17.0 Å². The summed E-state index contributed by atoms with van der Waals surface area (Å²) >= 11 is 0. The van der Waals surface area contributed by atoms with Crippen molar-refractivity contribution in [2.45, 2.75) is 5.92 Å². The molecule has 0 heterocycles. The SMILES string of the molecule is COC(=O)C1c2ccccc2-c2cc(F)ccc21. The van der Waals surface area contributed by atoms with Crippen molar-refractivity contribution in [1.82, 2.24) is 0 Å². The fraction of sp³-hybridized carbons (Fsp3) is 0.133. The average molecular weight is 242 g/mol. The molecule has 0 spiro atoms. The van der Waals surface area contributed by atoms with E-state index < -0.39 is 5.92 Å². The van der Waals surface area contributed by atoms with Gasteiger partial charge in [0.2, 0.25) is 0 Å². The van der Waals surface area contributed by atoms with Crippen LogP contribution in [0.4, 0.5) is 4.39 Å². The van der Waals surface area contributed by atoms with E-state index in [1.54, 1.807) is 6.07 Å². The molecule has 2 nitrogen and oxygen atoms in total. The van der Waals surface area contributed by atoms with Gasteiger partial charge in [0.1, 0.15) is 11.7 Å². The van der Waals surface area contributed by atoms with Crippen molar-refractivity contribution in [3.63, 3.8) is 0 Å². The Labute approximate surface area is 104 Å². The van der Waals surface area contributed by atoms with E-state index in [4.69, 9.17) is 4.74 Å². The van der Waals surface area contributed by atoms with Crippen LogP contribution in [0.15, 0.2) is 42.5 Å². The summed E-state index contributed by atoms with van der Waals surface area (Å²) < 4.78 is 18.2. The smallest absolute Gasteiger partial charge is 0.317 e. The van der Waals surface area contributed by atoms with E-state index in [0.717, 1.165) is 22.3 Å². The minimum atomic E-state index is -0.443. The van der Waals surface area contributed by atoms with E-state index in [0.29, 0.717) is 0 Å². The van der Waals surface area contributed by atoms with Gasteiger partial charge in [-0.05, 0) is 34.4 Å². The lowest BCUT2D eigenvalue weighted by Gasteiger charge is -2.10. The van der Waals surface area contributed by atoms with Gasteiger partial charge in [-0.25, -0.2) is 4.39 Å². The monoisotopic (exact) mass is 242 g/mol. The predicted octanol–water partition coefficient (Wildman–Crippen LogP) is 3.11. The molecule has 3 rings (SSSR count). The second-order valence-electron chi connectivity index (χ2n) is 4.27. The summed E-state index contributed by atoms with van der Waals surface area (Å²) in [6.07, 6.45) is 0. The molecule has 90 valence electrons. The fourth-order valence-electron chi connectivity index (χ4n) is 2.55. The van der Waals surface area contributed by atoms with Gasteiger partial charge in [0, 0.05) is 0 Å². The molecule has 0 radical (unpaired) electrons. The lowest BCUT2D eigenvalue weighted by molar-refractivity contribution is -0.141. The molecule has 0 saturated carbocycles. The molecule has 18 heavy (non-hydrogen) atoms. The van der Waals surface area contributed by atoms with Crippen molar-refractivity contribution >= 4 is 5.97 Å². The number of rotatable bonds is 1. The van der Waals surface area contributed by atoms with Crippen LogP contribution >= 0.6 is 0 Å². The van der Waals surface area contributed by atoms with E-state index in [1.807, 2.05) is 24.3 Å². The second-order valence-corrected chi connectivity index (χ2v) is 4.27. The maximum absolute atomic E-state index is 13.3. The Balaban J connectivity index is 2.28. The first-order valence-electron chi connectivity index (χ1n) is 5.69. The first-order chi connectivity index (χ1) is 8.72. The molecular formula is C15H11FO2. The van der Waals surface area contributed by atoms with Crippen LogP contribution in [-0.2, 0) is 9.53 Å². The van der Waals surface area contributed by atoms with E-state index in [-0.39, 0.29) is 11.8 Å². The maximum Gasteiger partial charge on any atom is 0.317 e. The Bertz CT molecular complexity index is 634. The predicted molar refractivity (Wildman–Crippen MR) is 65.7 cm³/mol. The highest BCUT2D eigenvalue weighted by Crippen LogP contribution is 2.45. The third-order valence-electron chi connectivity index (χ3n) is 3.33. The number of esters is 1. The van der Waals surface area contributed by atoms with Gasteiger partial charge in [-0.15, -0.1) is 0 Å². The van der Waals surface area contributed by atoms with Crippen LogP contribution in [0.2, 0.25) is 0 Å². The molecule has 1 atom stereocenters. The van der Waals surface area contributed by atoms with Gasteiger partial charge < -0.3 is 4.74 Å². The van der Waals surface area contributed by atoms with E-state index in [2.05, 4.69) is 0 Å². The zero-order valence-corrected chi connectivity index (χ0v) is 9.81. The van der Waals surface area contributed by atoms with Crippen molar-refractivity contribution in [3.05, 3.63) is 59.4 Å². The van der Waals surface area contributed by atoms with Gasteiger partial charge in [0.05, 0.1) is 7.11 Å². The summed E-state index contributed by atoms with van der Waals surface area (Å²) in [6, 6.07) is 12.0. The molecule has 0 amide bonds. The van der Waals surface area contributed by atoms with Gasteiger partial charge >= 0.3 is 5.97 Å². The van der Waals surface area contributed by atoms with Gasteiger partial charge in [0.25, 0.3) is 0 Å². The number of carbonyl (C=O) groups excluding carboxylic acids is 1. The van der Waals surface area contributed by atoms with Crippen molar-refractivity contribution < 1.29 is 13.9 Å². The molecule has 0 fully saturated rings. The quantitative estimate of drug-likeness (QED) is 0.718. The van der Waals surface area contributed by atoms with Crippen molar-refractivity contribution in [2.75, 3.05) is 7.11 Å². The molecule has 0 N–H and O–H groups in total. The first-order valence-corrected chi connectivity index (χ1v) is 5.69. The van der Waals surface area contributed by atoms with Crippen LogP contribution in [0.25, 0.3) is 11.1 Å². The number of hydrogen-bond donors (Lipinski definition) is 0. The molecule has 1 unspecified atom stereocenters. The standard InChI is InChI=1S/C15H11FO2/c1-18-15(17)14-11-5-3-2-4-10(11)13-8-9(16)6-7-12(13)14/h2-8,14H,1H3. The van der Waals surface area contributed by atoms with Crippen molar-refractivity contribution in [3.8, 4) is 11.1 Å². The molecular weight excluding hydrogens is 231 g/mol. The highest BCUT2D eigenvalue weighted by Gasteiger charge is 2.34. The number of carbonyl (C=O) groups is 1. The lowest BCUT2D eigenvalue weighted by atomic mass is 9.97. The molecule has 0 aliphatic heterocycles. The Morgan fingerprint density at radius 2 is 1.83 bits per heavy atom. The summed E-state index contributed by atoms with van der Waals surface area (Å²) in [4.78, 5) is 11.9. The van der Waals surface area contributed by atoms with Crippen molar-refractivity contribution in [1.29, 1.82) is 0 Å². The Hall–Kier alpha value is -2.16. The molecule has 0 aromatic heterocycles. The van der Waals surface area contributed by atoms with Gasteiger partial charge in [-0.2, -0.15) is 0 Å². The van der Waals surface area contributed by atoms with Crippen LogP contribution in [0.3, 0.4) is 0 Å². The van der Waals surface area contributed by atoms with Crippen LogP contribution < -0.4 is 0 Å². The molecule has 2 aromatic carbocycles. The van der Waals surface area contributed by atoms with Gasteiger partial charge in [0.15, 0.2) is 0 Å². The number of methoxy groups -OCH3 is 1. The molecule has 0 saturated heterocycles. The third-order valence-corrected chi connectivity index (χ3v) is 3.33. The number of ether oxygens (including phenoxy) is 1. The Morgan fingerprint density at radius 1 is 1.11 bits per heavy atom. The molecule has 2 aromatic rings. The molecule has 1 aliphatic rings. The van der Waals surface area contributed by atoms with Gasteiger partial charge in [-0.1, -0.05) is 30.3 Å². The molecule has 1 aliphatic carbocycles. The number of halogens is 1. The highest BCUT2D eigenvalue weighted by molar-refractivity contribution is 5.93. The normalized spacial score (nSPS) is 16.0. The van der Waals surface area contributed by atoms with Crippen LogP contribution in [0.5, 0.6) is 0 Å². The lowest BCUT2D eigenvalue weighted by Crippen LogP contribution is -2.13. The summed E-state index contributed by atoms with van der Waals surface area (Å²) in [5.41, 5.74) is 3.37. The molecule has 3 heteroatoms. The minimum absolute atomic E-state index is 0.297. The zero-order chi connectivity index (χ0) is 12.7. The van der Waals surface area contributed by atoms with Gasteiger partial charge in [-0.3, -0.25) is 4.79 Å². The summed E-state index contributed by atoms with van der Waals surface area (Å²) in [7, 11) is 1.37. The van der Waals surface area contributed by atoms with Crippen LogP contribution in [-0.4, -0.2) is 13.1 Å². The summed E-state index contributed by atoms with van der Waals surface area (Å²) in [5, 5.41) is 0. The average Bonchev–Trinajstić information content (AvgIpc) is 2.72. The second kappa shape index (κ2) is 3.95. The number of hydrogen-bond acceptors (Lipinski definition) is 2. The van der Waals surface area contributed by atoms with E-state index >= 15 is 0 Å².